The molecule has 2 aliphatic heterocycles. The zero-order valence-electron chi connectivity index (χ0n) is 17.3. The topological polar surface area (TPSA) is 40.6 Å². The fourth-order valence-electron chi connectivity index (χ4n) is 4.46. The van der Waals surface area contributed by atoms with Crippen LogP contribution in [0.1, 0.15) is 70.1 Å². The van der Waals surface area contributed by atoms with E-state index in [0.717, 1.165) is 42.3 Å². The van der Waals surface area contributed by atoms with Gasteiger partial charge in [-0.05, 0) is 93.1 Å². The Kier molecular flexibility index (Phi) is 5.44. The van der Waals surface area contributed by atoms with E-state index >= 15 is 0 Å². The van der Waals surface area contributed by atoms with Crippen molar-refractivity contribution < 1.29 is 9.59 Å². The van der Waals surface area contributed by atoms with Gasteiger partial charge in [-0.25, -0.2) is 0 Å². The normalized spacial score (nSPS) is 23.3. The molecule has 0 radical (unpaired) electrons. The largest absolute Gasteiger partial charge is 0.366 e. The summed E-state index contributed by atoms with van der Waals surface area (Å²) in [5.41, 5.74) is 4.95. The average molecular weight is 387 g/mol. The molecule has 3 rings (SSSR count). The van der Waals surface area contributed by atoms with Crippen molar-refractivity contribution in [3.63, 3.8) is 0 Å². The van der Waals surface area contributed by atoms with Crippen molar-refractivity contribution in [1.82, 2.24) is 4.90 Å². The van der Waals surface area contributed by atoms with Crippen molar-refractivity contribution in [3.05, 3.63) is 33.7 Å². The fraction of sp³-hybridized carbons (Fsp3) is 0.545. The third kappa shape index (κ3) is 3.54. The molecule has 0 spiro atoms. The Hall–Kier alpha value is -1.75. The van der Waals surface area contributed by atoms with Gasteiger partial charge in [0.05, 0.1) is 4.91 Å². The van der Waals surface area contributed by atoms with Crippen molar-refractivity contribution in [2.24, 2.45) is 0 Å². The summed E-state index contributed by atoms with van der Waals surface area (Å²) < 4.78 is 0. The molecule has 1 aromatic rings. The van der Waals surface area contributed by atoms with E-state index in [2.05, 4.69) is 51.7 Å². The zero-order valence-corrected chi connectivity index (χ0v) is 18.1. The Bertz CT molecular complexity index is 813. The maximum atomic E-state index is 12.6. The molecule has 0 bridgehead atoms. The van der Waals surface area contributed by atoms with Crippen LogP contribution in [0.3, 0.4) is 0 Å². The van der Waals surface area contributed by atoms with Crippen LogP contribution in [0.5, 0.6) is 0 Å². The quantitative estimate of drug-likeness (QED) is 0.636. The van der Waals surface area contributed by atoms with Crippen LogP contribution in [0.25, 0.3) is 6.08 Å². The molecule has 0 N–H and O–H groups in total. The van der Waals surface area contributed by atoms with E-state index in [9.17, 15) is 9.59 Å². The van der Waals surface area contributed by atoms with E-state index in [-0.39, 0.29) is 16.7 Å². The van der Waals surface area contributed by atoms with Crippen LogP contribution in [0.15, 0.2) is 17.0 Å². The van der Waals surface area contributed by atoms with Crippen LogP contribution in [-0.4, -0.2) is 34.7 Å². The number of amides is 2. The highest BCUT2D eigenvalue weighted by molar-refractivity contribution is 8.18. The van der Waals surface area contributed by atoms with Gasteiger partial charge in [0.25, 0.3) is 11.1 Å². The predicted molar refractivity (Wildman–Crippen MR) is 114 cm³/mol. The summed E-state index contributed by atoms with van der Waals surface area (Å²) in [5.74, 6) is 0.300. The summed E-state index contributed by atoms with van der Waals surface area (Å²) in [6, 6.07) is 4.47. The summed E-state index contributed by atoms with van der Waals surface area (Å²) >= 11 is 1.06. The molecule has 1 aromatic carbocycles. The zero-order chi connectivity index (χ0) is 19.9. The summed E-state index contributed by atoms with van der Waals surface area (Å²) in [7, 11) is 0. The molecule has 1 atom stereocenters. The van der Waals surface area contributed by atoms with Gasteiger partial charge in [0.1, 0.15) is 0 Å². The number of hydrogen-bond donors (Lipinski definition) is 0. The number of aryl methyl sites for hydroxylation is 1. The van der Waals surface area contributed by atoms with Crippen molar-refractivity contribution in [1.29, 1.82) is 0 Å². The number of nitrogens with zero attached hydrogens (tertiary/aromatic N) is 2. The number of anilines is 1. The van der Waals surface area contributed by atoms with Crippen molar-refractivity contribution in [2.45, 2.75) is 65.8 Å². The predicted octanol–water partition coefficient (Wildman–Crippen LogP) is 5.55. The minimum atomic E-state index is -0.159. The molecule has 2 amide bonds. The second-order valence-corrected chi connectivity index (χ2v) is 9.26. The Morgan fingerprint density at radius 1 is 1.26 bits per heavy atom. The molecule has 27 heavy (non-hydrogen) atoms. The van der Waals surface area contributed by atoms with E-state index in [1.807, 2.05) is 13.0 Å². The molecule has 1 unspecified atom stereocenters. The van der Waals surface area contributed by atoms with Crippen LogP contribution in [-0.2, 0) is 4.79 Å². The van der Waals surface area contributed by atoms with Gasteiger partial charge in [-0.3, -0.25) is 14.5 Å². The molecule has 1 saturated heterocycles. The van der Waals surface area contributed by atoms with E-state index in [1.54, 1.807) is 0 Å². The van der Waals surface area contributed by atoms with Crippen LogP contribution in [0, 0.1) is 6.92 Å². The maximum absolute atomic E-state index is 12.6. The molecule has 0 saturated carbocycles. The van der Waals surface area contributed by atoms with Gasteiger partial charge >= 0.3 is 0 Å². The summed E-state index contributed by atoms with van der Waals surface area (Å²) in [4.78, 5) is 29.1. The molecule has 5 heteroatoms. The molecule has 2 aliphatic rings. The first-order valence-corrected chi connectivity index (χ1v) is 10.7. The minimum absolute atomic E-state index is 0.137. The summed E-state index contributed by atoms with van der Waals surface area (Å²) in [6.45, 7) is 14.6. The first-order chi connectivity index (χ1) is 12.7. The van der Waals surface area contributed by atoms with E-state index in [1.165, 1.54) is 16.2 Å². The smallest absolute Gasteiger partial charge is 0.293 e. The second-order valence-electron chi connectivity index (χ2n) is 8.26. The number of imide groups is 1. The number of hydrogen-bond acceptors (Lipinski definition) is 4. The number of carbonyl (C=O) groups excluding carboxylic acids is 2. The number of carbonyl (C=O) groups is 2. The molecule has 4 nitrogen and oxygen atoms in total. The summed E-state index contributed by atoms with van der Waals surface area (Å²) in [6.07, 6.45) is 3.78. The SMILES string of the molecule is CCCN1C(=O)S/C(=C/c2cc3c(cc2C)N(CC)C(C)(C)CC3C)C1=O. The van der Waals surface area contributed by atoms with Crippen LogP contribution in [0.2, 0.25) is 0 Å². The second kappa shape index (κ2) is 7.34. The lowest BCUT2D eigenvalue weighted by Crippen LogP contribution is -2.48. The number of thioether (sulfide) groups is 1. The van der Waals surface area contributed by atoms with Crippen LogP contribution in [0.4, 0.5) is 10.5 Å². The van der Waals surface area contributed by atoms with Gasteiger partial charge in [-0.1, -0.05) is 13.8 Å². The molecule has 2 heterocycles. The lowest BCUT2D eigenvalue weighted by molar-refractivity contribution is -0.122. The molecule has 146 valence electrons. The lowest BCUT2D eigenvalue weighted by atomic mass is 9.79. The highest BCUT2D eigenvalue weighted by Crippen LogP contribution is 2.44. The summed E-state index contributed by atoms with van der Waals surface area (Å²) in [5, 5.41) is -0.156. The number of benzene rings is 1. The Labute approximate surface area is 167 Å². The van der Waals surface area contributed by atoms with Crippen LogP contribution < -0.4 is 4.90 Å². The van der Waals surface area contributed by atoms with Gasteiger partial charge in [-0.15, -0.1) is 0 Å². The average Bonchev–Trinajstić information content (AvgIpc) is 2.84. The highest BCUT2D eigenvalue weighted by atomic mass is 32.2. The van der Waals surface area contributed by atoms with Gasteiger partial charge < -0.3 is 4.90 Å². The van der Waals surface area contributed by atoms with Crippen molar-refractivity contribution >= 4 is 34.7 Å². The third-order valence-electron chi connectivity index (χ3n) is 5.70. The maximum Gasteiger partial charge on any atom is 0.293 e. The Morgan fingerprint density at radius 2 is 1.96 bits per heavy atom. The number of rotatable bonds is 4. The van der Waals surface area contributed by atoms with E-state index in [4.69, 9.17) is 0 Å². The molecule has 0 aromatic heterocycles. The molecule has 0 aliphatic carbocycles. The van der Waals surface area contributed by atoms with Gasteiger partial charge in [0.15, 0.2) is 0 Å². The standard InChI is InChI=1S/C22H30N2O2S/c1-7-9-23-20(25)19(27-21(23)26)12-16-11-17-15(4)13-22(5,6)24(8-2)18(17)10-14(16)3/h10-12,15H,7-9,13H2,1-6H3/b19-12+. The fourth-order valence-corrected chi connectivity index (χ4v) is 5.32. The highest BCUT2D eigenvalue weighted by Gasteiger charge is 2.37. The molecular formula is C22H30N2O2S. The Balaban J connectivity index is 2.02. The lowest BCUT2D eigenvalue weighted by Gasteiger charge is -2.47. The molecule has 1 fully saturated rings. The van der Waals surface area contributed by atoms with Gasteiger partial charge in [-0.2, -0.15) is 0 Å². The van der Waals surface area contributed by atoms with Gasteiger partial charge in [0, 0.05) is 24.3 Å². The van der Waals surface area contributed by atoms with Crippen molar-refractivity contribution in [3.8, 4) is 0 Å². The van der Waals surface area contributed by atoms with E-state index < -0.39 is 0 Å². The van der Waals surface area contributed by atoms with Crippen LogP contribution >= 0.6 is 11.8 Å². The first kappa shape index (κ1) is 20.0. The van der Waals surface area contributed by atoms with E-state index in [0.29, 0.717) is 17.4 Å². The minimum Gasteiger partial charge on any atom is -0.366 e. The molecular weight excluding hydrogens is 356 g/mol. The first-order valence-electron chi connectivity index (χ1n) is 9.87. The van der Waals surface area contributed by atoms with Crippen molar-refractivity contribution in [2.75, 3.05) is 18.0 Å². The van der Waals surface area contributed by atoms with Gasteiger partial charge in [0.2, 0.25) is 0 Å². The Morgan fingerprint density at radius 3 is 2.59 bits per heavy atom. The number of fused-ring (bicyclic) bond motifs is 1. The third-order valence-corrected chi connectivity index (χ3v) is 6.60. The monoisotopic (exact) mass is 386 g/mol.